The fraction of sp³-hybridized carbons (Fsp3) is 0.407. The lowest BCUT2D eigenvalue weighted by Gasteiger charge is -2.23. The number of carbonyl (C=O) groups excluding carboxylic acids is 1. The lowest BCUT2D eigenvalue weighted by molar-refractivity contribution is -0.139. The molecule has 40 heavy (non-hydrogen) atoms. The van der Waals surface area contributed by atoms with Crippen molar-refractivity contribution >= 4 is 17.5 Å². The average Bonchev–Trinajstić information content (AvgIpc) is 3.33. The van der Waals surface area contributed by atoms with Crippen LogP contribution in [-0.2, 0) is 10.3 Å². The maximum absolute atomic E-state index is 14.9. The maximum atomic E-state index is 14.9. The molecule has 3 atom stereocenters. The van der Waals surface area contributed by atoms with Crippen LogP contribution in [0.4, 0.5) is 16.0 Å². The highest BCUT2D eigenvalue weighted by molar-refractivity contribution is 5.83. The first-order chi connectivity index (χ1) is 19.0. The highest BCUT2D eigenvalue weighted by Crippen LogP contribution is 2.29. The molecule has 1 aliphatic heterocycles. The van der Waals surface area contributed by atoms with E-state index in [4.69, 9.17) is 4.74 Å². The first kappa shape index (κ1) is 28.4. The highest BCUT2D eigenvalue weighted by Gasteiger charge is 2.33. The SMILES string of the molecule is C=C(O)[C@H](O)C(=O)N1CC[C@@H](F)[C@@H](Oc2ccc(-c3ncnc(Nc4cnn(C(C)(C)C)c4)n3)cc2C#N)CC1. The first-order valence-electron chi connectivity index (χ1n) is 12.7. The van der Waals surface area contributed by atoms with Gasteiger partial charge in [0, 0.05) is 31.3 Å². The van der Waals surface area contributed by atoms with Crippen molar-refractivity contribution in [1.29, 1.82) is 5.26 Å². The maximum Gasteiger partial charge on any atom is 0.259 e. The van der Waals surface area contributed by atoms with Gasteiger partial charge < -0.3 is 25.2 Å². The number of amides is 1. The number of aromatic nitrogens is 5. The topological polar surface area (TPSA) is 162 Å². The molecule has 0 saturated carbocycles. The van der Waals surface area contributed by atoms with Gasteiger partial charge in [-0.2, -0.15) is 15.3 Å². The van der Waals surface area contributed by atoms with Crippen LogP contribution in [0.15, 0.2) is 49.3 Å². The molecular weight excluding hydrogens is 519 g/mol. The lowest BCUT2D eigenvalue weighted by Crippen LogP contribution is -2.40. The van der Waals surface area contributed by atoms with Gasteiger partial charge in [-0.25, -0.2) is 14.4 Å². The minimum Gasteiger partial charge on any atom is -0.510 e. The normalized spacial score (nSPS) is 18.4. The second kappa shape index (κ2) is 11.7. The summed E-state index contributed by atoms with van der Waals surface area (Å²) in [6, 6.07) is 6.84. The van der Waals surface area contributed by atoms with Crippen LogP contribution in [0.25, 0.3) is 11.4 Å². The lowest BCUT2D eigenvalue weighted by atomic mass is 10.1. The molecule has 4 rings (SSSR count). The summed E-state index contributed by atoms with van der Waals surface area (Å²) in [6.45, 7) is 9.41. The van der Waals surface area contributed by atoms with Gasteiger partial charge in [0.15, 0.2) is 11.9 Å². The predicted molar refractivity (Wildman–Crippen MR) is 143 cm³/mol. The zero-order valence-electron chi connectivity index (χ0n) is 22.5. The molecule has 3 heterocycles. The number of halogens is 1. The molecule has 1 fully saturated rings. The molecule has 2 aromatic heterocycles. The molecule has 0 spiro atoms. The Morgan fingerprint density at radius 1 is 1.30 bits per heavy atom. The largest absolute Gasteiger partial charge is 0.510 e. The number of hydrogen-bond donors (Lipinski definition) is 3. The number of carbonyl (C=O) groups is 1. The Bertz CT molecular complexity index is 1430. The Labute approximate surface area is 230 Å². The van der Waals surface area contributed by atoms with E-state index in [0.717, 1.165) is 0 Å². The monoisotopic (exact) mass is 550 g/mol. The number of anilines is 2. The molecular formula is C27H31FN8O4. The van der Waals surface area contributed by atoms with E-state index in [-0.39, 0.29) is 42.8 Å². The van der Waals surface area contributed by atoms with Crippen molar-refractivity contribution in [3.63, 3.8) is 0 Å². The molecule has 0 aliphatic carbocycles. The van der Waals surface area contributed by atoms with Gasteiger partial charge in [-0.1, -0.05) is 6.58 Å². The van der Waals surface area contributed by atoms with E-state index < -0.39 is 30.0 Å². The molecule has 13 heteroatoms. The number of nitriles is 1. The standard InChI is InChI=1S/C27H31FN8O4/c1-16(37)23(38)25(39)35-9-7-20(28)22(8-10-35)40-21-6-5-17(11-18(21)12-29)24-30-15-31-26(34-24)33-19-13-32-36(14-19)27(2,3)4/h5-6,11,13-15,20,22-23,37-38H,1,7-10H2,2-4H3,(H,30,31,33,34)/t20-,22+,23+/m1/s1. The summed E-state index contributed by atoms with van der Waals surface area (Å²) in [6.07, 6.45) is 0.849. The van der Waals surface area contributed by atoms with E-state index in [1.54, 1.807) is 24.4 Å². The number of rotatable bonds is 7. The minimum absolute atomic E-state index is 0.0315. The second-order valence-electron chi connectivity index (χ2n) is 10.4. The van der Waals surface area contributed by atoms with Gasteiger partial charge in [-0.3, -0.25) is 9.48 Å². The second-order valence-corrected chi connectivity index (χ2v) is 10.4. The molecule has 1 aromatic carbocycles. The third-order valence-corrected chi connectivity index (χ3v) is 6.36. The fourth-order valence-electron chi connectivity index (χ4n) is 4.11. The number of aliphatic hydroxyl groups is 2. The average molecular weight is 551 g/mol. The van der Waals surface area contributed by atoms with Crippen LogP contribution in [0.1, 0.15) is 39.2 Å². The van der Waals surface area contributed by atoms with Gasteiger partial charge >= 0.3 is 0 Å². The number of nitrogens with one attached hydrogen (secondary N) is 1. The van der Waals surface area contributed by atoms with Crippen LogP contribution >= 0.6 is 0 Å². The van der Waals surface area contributed by atoms with Crippen LogP contribution in [0.2, 0.25) is 0 Å². The van der Waals surface area contributed by atoms with Gasteiger partial charge in [0.2, 0.25) is 5.95 Å². The van der Waals surface area contributed by atoms with Crippen molar-refractivity contribution < 1.29 is 24.1 Å². The van der Waals surface area contributed by atoms with Gasteiger partial charge in [0.25, 0.3) is 5.91 Å². The van der Waals surface area contributed by atoms with Gasteiger partial charge in [0.1, 0.15) is 36.2 Å². The summed E-state index contributed by atoms with van der Waals surface area (Å²) in [5, 5.41) is 36.3. The van der Waals surface area contributed by atoms with Crippen molar-refractivity contribution in [3.05, 3.63) is 54.8 Å². The smallest absolute Gasteiger partial charge is 0.259 e. The van der Waals surface area contributed by atoms with Crippen LogP contribution < -0.4 is 10.1 Å². The van der Waals surface area contributed by atoms with Crippen LogP contribution in [0.5, 0.6) is 5.75 Å². The van der Waals surface area contributed by atoms with E-state index in [1.165, 1.54) is 11.2 Å². The zero-order chi connectivity index (χ0) is 29.0. The Balaban J connectivity index is 1.47. The Hall–Kier alpha value is -4.57. The number of aliphatic hydroxyl groups excluding tert-OH is 2. The van der Waals surface area contributed by atoms with E-state index in [1.807, 2.05) is 31.6 Å². The molecule has 0 unspecified atom stereocenters. The predicted octanol–water partition coefficient (Wildman–Crippen LogP) is 3.25. The van der Waals surface area contributed by atoms with Gasteiger partial charge in [0.05, 0.1) is 23.0 Å². The first-order valence-corrected chi connectivity index (χ1v) is 12.7. The summed E-state index contributed by atoms with van der Waals surface area (Å²) >= 11 is 0. The Kier molecular flexibility index (Phi) is 8.29. The number of nitrogens with zero attached hydrogens (tertiary/aromatic N) is 7. The van der Waals surface area contributed by atoms with Crippen molar-refractivity contribution in [2.24, 2.45) is 0 Å². The number of ether oxygens (including phenoxy) is 1. The Morgan fingerprint density at radius 2 is 2.05 bits per heavy atom. The molecule has 0 radical (unpaired) electrons. The van der Waals surface area contributed by atoms with Crippen molar-refractivity contribution in [2.75, 3.05) is 18.4 Å². The quantitative estimate of drug-likeness (QED) is 0.372. The van der Waals surface area contributed by atoms with E-state index >= 15 is 0 Å². The third-order valence-electron chi connectivity index (χ3n) is 6.36. The summed E-state index contributed by atoms with van der Waals surface area (Å²) in [7, 11) is 0. The van der Waals surface area contributed by atoms with E-state index in [9.17, 15) is 24.7 Å². The van der Waals surface area contributed by atoms with Crippen molar-refractivity contribution in [3.8, 4) is 23.2 Å². The molecule has 1 amide bonds. The molecule has 210 valence electrons. The Morgan fingerprint density at radius 3 is 2.73 bits per heavy atom. The zero-order valence-corrected chi connectivity index (χ0v) is 22.5. The van der Waals surface area contributed by atoms with E-state index in [2.05, 4.69) is 38.0 Å². The fourth-order valence-corrected chi connectivity index (χ4v) is 4.11. The molecule has 3 aromatic rings. The molecule has 3 N–H and O–H groups in total. The number of likely N-dealkylation sites (tertiary alicyclic amines) is 1. The third kappa shape index (κ3) is 6.52. The van der Waals surface area contributed by atoms with Crippen molar-refractivity contribution in [1.82, 2.24) is 29.6 Å². The summed E-state index contributed by atoms with van der Waals surface area (Å²) in [5.41, 5.74) is 1.21. The van der Waals surface area contributed by atoms with Gasteiger partial charge in [-0.05, 0) is 45.4 Å². The number of alkyl halides is 1. The van der Waals surface area contributed by atoms with Crippen LogP contribution in [0.3, 0.4) is 0 Å². The van der Waals surface area contributed by atoms with Crippen LogP contribution in [-0.4, -0.2) is 77.2 Å². The van der Waals surface area contributed by atoms with Crippen molar-refractivity contribution in [2.45, 2.75) is 57.5 Å². The number of benzene rings is 1. The molecule has 1 saturated heterocycles. The van der Waals surface area contributed by atoms with E-state index in [0.29, 0.717) is 23.0 Å². The van der Waals surface area contributed by atoms with Gasteiger partial charge in [-0.15, -0.1) is 0 Å². The summed E-state index contributed by atoms with van der Waals surface area (Å²) in [5.74, 6) is -0.624. The highest BCUT2D eigenvalue weighted by atomic mass is 19.1. The molecule has 12 nitrogen and oxygen atoms in total. The summed E-state index contributed by atoms with van der Waals surface area (Å²) in [4.78, 5) is 26.4. The minimum atomic E-state index is -1.76. The molecule has 0 bridgehead atoms. The summed E-state index contributed by atoms with van der Waals surface area (Å²) < 4.78 is 22.7. The number of hydrogen-bond acceptors (Lipinski definition) is 10. The van der Waals surface area contributed by atoms with Crippen LogP contribution in [0, 0.1) is 11.3 Å². The molecule has 1 aliphatic rings.